The Labute approximate surface area is 153 Å². The Bertz CT molecular complexity index is 820. The topological polar surface area (TPSA) is 68.4 Å². The summed E-state index contributed by atoms with van der Waals surface area (Å²) in [6.45, 7) is 2.94. The average Bonchev–Trinajstić information content (AvgIpc) is 3.02. The van der Waals surface area contributed by atoms with Gasteiger partial charge in [0.2, 0.25) is 11.8 Å². The van der Waals surface area contributed by atoms with Crippen molar-refractivity contribution in [2.24, 2.45) is 0 Å². The van der Waals surface area contributed by atoms with E-state index in [0.717, 1.165) is 36.0 Å². The van der Waals surface area contributed by atoms with Gasteiger partial charge in [-0.2, -0.15) is 0 Å². The van der Waals surface area contributed by atoms with E-state index in [1.807, 2.05) is 42.4 Å². The number of nitrogens with zero attached hydrogens (tertiary/aromatic N) is 2. The molecule has 2 fully saturated rings. The number of piperidine rings is 1. The number of hydrogen-bond donors (Lipinski definition) is 2. The van der Waals surface area contributed by atoms with Crippen LogP contribution in [0, 0.1) is 0 Å². The second-order valence-electron chi connectivity index (χ2n) is 7.48. The van der Waals surface area contributed by atoms with Crippen molar-refractivity contribution in [1.29, 1.82) is 0 Å². The molecule has 1 spiro atoms. The molecule has 3 heterocycles. The van der Waals surface area contributed by atoms with Gasteiger partial charge in [-0.3, -0.25) is 14.5 Å². The summed E-state index contributed by atoms with van der Waals surface area (Å²) in [7, 11) is 2.04. The van der Waals surface area contributed by atoms with Gasteiger partial charge in [-0.1, -0.05) is 18.2 Å². The molecular formula is C20H26N4O2. The number of benzene rings is 1. The van der Waals surface area contributed by atoms with Crippen LogP contribution in [-0.2, 0) is 16.0 Å². The summed E-state index contributed by atoms with van der Waals surface area (Å²) >= 11 is 0. The molecule has 1 aromatic heterocycles. The number of aromatic amines is 1. The van der Waals surface area contributed by atoms with Crippen molar-refractivity contribution >= 4 is 22.7 Å². The van der Waals surface area contributed by atoms with Gasteiger partial charge < -0.3 is 15.2 Å². The lowest BCUT2D eigenvalue weighted by Crippen LogP contribution is -2.61. The third-order valence-electron chi connectivity index (χ3n) is 6.07. The van der Waals surface area contributed by atoms with E-state index in [1.165, 1.54) is 0 Å². The van der Waals surface area contributed by atoms with Gasteiger partial charge in [0.15, 0.2) is 0 Å². The summed E-state index contributed by atoms with van der Waals surface area (Å²) in [6.07, 6.45) is 4.72. The highest BCUT2D eigenvalue weighted by Crippen LogP contribution is 2.30. The minimum absolute atomic E-state index is 0.126. The first kappa shape index (κ1) is 17.1. The van der Waals surface area contributed by atoms with Crippen molar-refractivity contribution in [2.75, 3.05) is 33.2 Å². The Kier molecular flexibility index (Phi) is 4.44. The molecule has 2 amide bonds. The lowest BCUT2D eigenvalue weighted by molar-refractivity contribution is -0.141. The quantitative estimate of drug-likeness (QED) is 0.859. The van der Waals surface area contributed by atoms with Crippen LogP contribution in [0.25, 0.3) is 10.9 Å². The smallest absolute Gasteiger partial charge is 0.240 e. The molecule has 6 heteroatoms. The second kappa shape index (κ2) is 6.76. The fourth-order valence-electron chi connectivity index (χ4n) is 4.36. The molecule has 2 N–H and O–H groups in total. The van der Waals surface area contributed by atoms with E-state index < -0.39 is 5.54 Å². The third-order valence-corrected chi connectivity index (χ3v) is 6.07. The summed E-state index contributed by atoms with van der Waals surface area (Å²) in [5.41, 5.74) is 1.65. The number of nitrogens with one attached hydrogen (secondary N) is 2. The van der Waals surface area contributed by atoms with E-state index in [0.29, 0.717) is 32.4 Å². The van der Waals surface area contributed by atoms with E-state index in [4.69, 9.17) is 0 Å². The number of rotatable bonds is 2. The van der Waals surface area contributed by atoms with E-state index >= 15 is 0 Å². The SMILES string of the molecule is CN1CCCNC(=O)C12CCN(C(=O)Cc1c[nH]c3ccccc13)CC2. The Morgan fingerprint density at radius 3 is 2.77 bits per heavy atom. The van der Waals surface area contributed by atoms with Crippen molar-refractivity contribution in [3.63, 3.8) is 0 Å². The Hall–Kier alpha value is -2.34. The van der Waals surface area contributed by atoms with Gasteiger partial charge >= 0.3 is 0 Å². The van der Waals surface area contributed by atoms with Crippen LogP contribution in [-0.4, -0.2) is 65.4 Å². The lowest BCUT2D eigenvalue weighted by atomic mass is 9.85. The maximum Gasteiger partial charge on any atom is 0.240 e. The molecule has 0 radical (unpaired) electrons. The number of H-pyrrole nitrogens is 1. The van der Waals surface area contributed by atoms with Crippen LogP contribution in [0.3, 0.4) is 0 Å². The summed E-state index contributed by atoms with van der Waals surface area (Å²) in [6, 6.07) is 8.05. The monoisotopic (exact) mass is 354 g/mol. The number of likely N-dealkylation sites (N-methyl/N-ethyl adjacent to an activating group) is 1. The molecule has 2 aliphatic heterocycles. The first-order valence-electron chi connectivity index (χ1n) is 9.42. The molecule has 2 aliphatic rings. The molecule has 0 unspecified atom stereocenters. The molecule has 0 saturated carbocycles. The predicted octanol–water partition coefficient (Wildman–Crippen LogP) is 1.52. The predicted molar refractivity (Wildman–Crippen MR) is 101 cm³/mol. The largest absolute Gasteiger partial charge is 0.361 e. The summed E-state index contributed by atoms with van der Waals surface area (Å²) in [4.78, 5) is 32.8. The van der Waals surface area contributed by atoms with Gasteiger partial charge in [-0.15, -0.1) is 0 Å². The van der Waals surface area contributed by atoms with Crippen molar-refractivity contribution in [2.45, 2.75) is 31.2 Å². The van der Waals surface area contributed by atoms with E-state index in [2.05, 4.69) is 15.2 Å². The van der Waals surface area contributed by atoms with Gasteiger partial charge in [0.25, 0.3) is 0 Å². The molecule has 2 aromatic rings. The fraction of sp³-hybridized carbons (Fsp3) is 0.500. The highest BCUT2D eigenvalue weighted by atomic mass is 16.2. The Balaban J connectivity index is 1.44. The first-order chi connectivity index (χ1) is 12.6. The average molecular weight is 354 g/mol. The molecule has 0 aliphatic carbocycles. The number of hydrogen-bond acceptors (Lipinski definition) is 3. The summed E-state index contributed by atoms with van der Waals surface area (Å²) < 4.78 is 0. The number of carbonyl (C=O) groups excluding carboxylic acids is 2. The zero-order valence-electron chi connectivity index (χ0n) is 15.3. The van der Waals surface area contributed by atoms with Crippen LogP contribution in [0.4, 0.5) is 0 Å². The molecule has 6 nitrogen and oxygen atoms in total. The van der Waals surface area contributed by atoms with E-state index in [-0.39, 0.29) is 11.8 Å². The third kappa shape index (κ3) is 2.88. The van der Waals surface area contributed by atoms with Crippen molar-refractivity contribution in [1.82, 2.24) is 20.1 Å². The van der Waals surface area contributed by atoms with Crippen molar-refractivity contribution in [3.8, 4) is 0 Å². The molecule has 1 aromatic carbocycles. The van der Waals surface area contributed by atoms with Gasteiger partial charge in [-0.05, 0) is 37.9 Å². The van der Waals surface area contributed by atoms with Crippen LogP contribution in [0.2, 0.25) is 0 Å². The maximum absolute atomic E-state index is 12.8. The standard InChI is InChI=1S/C20H26N4O2/c1-23-10-4-9-21-19(26)20(23)7-11-24(12-8-20)18(25)13-15-14-22-17-6-3-2-5-16(15)17/h2-3,5-6,14,22H,4,7-13H2,1H3,(H,21,26). The normalized spacial score (nSPS) is 21.0. The highest BCUT2D eigenvalue weighted by molar-refractivity contribution is 5.90. The molecule has 4 rings (SSSR count). The van der Waals surface area contributed by atoms with Crippen molar-refractivity contribution < 1.29 is 9.59 Å². The van der Waals surface area contributed by atoms with Crippen LogP contribution < -0.4 is 5.32 Å². The number of fused-ring (bicyclic) bond motifs is 1. The molecule has 0 bridgehead atoms. The highest BCUT2D eigenvalue weighted by Gasteiger charge is 2.46. The first-order valence-corrected chi connectivity index (χ1v) is 9.42. The molecular weight excluding hydrogens is 328 g/mol. The maximum atomic E-state index is 12.8. The Morgan fingerprint density at radius 1 is 1.19 bits per heavy atom. The second-order valence-corrected chi connectivity index (χ2v) is 7.48. The molecule has 138 valence electrons. The fourth-order valence-corrected chi connectivity index (χ4v) is 4.36. The number of para-hydroxylation sites is 1. The van der Waals surface area contributed by atoms with Crippen LogP contribution in [0.15, 0.2) is 30.5 Å². The number of amides is 2. The number of aromatic nitrogens is 1. The molecule has 2 saturated heterocycles. The Morgan fingerprint density at radius 2 is 1.96 bits per heavy atom. The van der Waals surface area contributed by atoms with Crippen LogP contribution in [0.1, 0.15) is 24.8 Å². The van der Waals surface area contributed by atoms with E-state index in [1.54, 1.807) is 0 Å². The molecule has 0 atom stereocenters. The van der Waals surface area contributed by atoms with Gasteiger partial charge in [0.05, 0.1) is 6.42 Å². The minimum Gasteiger partial charge on any atom is -0.361 e. The zero-order valence-corrected chi connectivity index (χ0v) is 15.3. The van der Waals surface area contributed by atoms with Gasteiger partial charge in [0, 0.05) is 43.3 Å². The number of carbonyl (C=O) groups is 2. The summed E-state index contributed by atoms with van der Waals surface area (Å²) in [5.74, 6) is 0.266. The van der Waals surface area contributed by atoms with Crippen LogP contribution >= 0.6 is 0 Å². The van der Waals surface area contributed by atoms with Gasteiger partial charge in [0.1, 0.15) is 5.54 Å². The molecule has 26 heavy (non-hydrogen) atoms. The van der Waals surface area contributed by atoms with Crippen molar-refractivity contribution in [3.05, 3.63) is 36.0 Å². The number of likely N-dealkylation sites (tertiary alicyclic amines) is 1. The lowest BCUT2D eigenvalue weighted by Gasteiger charge is -2.45. The minimum atomic E-state index is -0.450. The van der Waals surface area contributed by atoms with Crippen LogP contribution in [0.5, 0.6) is 0 Å². The zero-order chi connectivity index (χ0) is 18.1. The van der Waals surface area contributed by atoms with Gasteiger partial charge in [-0.25, -0.2) is 0 Å². The van der Waals surface area contributed by atoms with E-state index in [9.17, 15) is 9.59 Å². The summed E-state index contributed by atoms with van der Waals surface area (Å²) in [5, 5.41) is 4.16.